The number of aliphatic hydroxyl groups excluding tert-OH is 1. The molecule has 0 fully saturated rings. The lowest BCUT2D eigenvalue weighted by atomic mass is 10.1. The maximum Gasteiger partial charge on any atom is 0.227 e. The van der Waals surface area contributed by atoms with Gasteiger partial charge in [0, 0.05) is 11.5 Å². The zero-order valence-electron chi connectivity index (χ0n) is 11.5. The highest BCUT2D eigenvalue weighted by Crippen LogP contribution is 2.30. The van der Waals surface area contributed by atoms with Crippen molar-refractivity contribution in [3.05, 3.63) is 65.6 Å². The highest BCUT2D eigenvalue weighted by molar-refractivity contribution is 5.87. The van der Waals surface area contributed by atoms with Crippen LogP contribution < -0.4 is 4.74 Å². The topological polar surface area (TPSA) is 42.4 Å². The van der Waals surface area contributed by atoms with Gasteiger partial charge in [-0.15, -0.1) is 0 Å². The van der Waals surface area contributed by atoms with Crippen LogP contribution in [0.25, 0.3) is 10.8 Å². The monoisotopic (exact) mass is 283 g/mol. The lowest BCUT2D eigenvalue weighted by Gasteiger charge is -2.11. The summed E-state index contributed by atoms with van der Waals surface area (Å²) in [6.07, 6.45) is 0. The Balaban J connectivity index is 2.13. The van der Waals surface area contributed by atoms with Gasteiger partial charge in [-0.3, -0.25) is 0 Å². The van der Waals surface area contributed by atoms with E-state index in [0.29, 0.717) is 17.3 Å². The van der Waals surface area contributed by atoms with Crippen LogP contribution in [-0.4, -0.2) is 10.1 Å². The van der Waals surface area contributed by atoms with Crippen molar-refractivity contribution in [2.45, 2.75) is 13.5 Å². The van der Waals surface area contributed by atoms with Crippen molar-refractivity contribution in [1.82, 2.24) is 4.98 Å². The van der Waals surface area contributed by atoms with E-state index in [0.717, 1.165) is 16.3 Å². The molecule has 3 rings (SSSR count). The molecular weight excluding hydrogens is 269 g/mol. The molecule has 2 aromatic carbocycles. The summed E-state index contributed by atoms with van der Waals surface area (Å²) in [6, 6.07) is 13.8. The molecule has 0 aliphatic heterocycles. The zero-order valence-corrected chi connectivity index (χ0v) is 11.5. The van der Waals surface area contributed by atoms with Crippen molar-refractivity contribution < 1.29 is 14.2 Å². The van der Waals surface area contributed by atoms with Crippen LogP contribution in [0.4, 0.5) is 4.39 Å². The third-order valence-electron chi connectivity index (χ3n) is 3.28. The van der Waals surface area contributed by atoms with Crippen molar-refractivity contribution in [2.24, 2.45) is 0 Å². The summed E-state index contributed by atoms with van der Waals surface area (Å²) < 4.78 is 19.2. The number of hydrogen-bond acceptors (Lipinski definition) is 3. The fourth-order valence-corrected chi connectivity index (χ4v) is 2.17. The van der Waals surface area contributed by atoms with Gasteiger partial charge in [0.05, 0.1) is 12.3 Å². The van der Waals surface area contributed by atoms with E-state index in [1.165, 1.54) is 12.1 Å². The van der Waals surface area contributed by atoms with Gasteiger partial charge in [-0.2, -0.15) is 0 Å². The number of aromatic nitrogens is 1. The molecule has 1 aromatic heterocycles. The van der Waals surface area contributed by atoms with E-state index in [1.807, 2.05) is 31.2 Å². The standard InChI is InChI=1S/C17H14FNO2/c1-11-6-7-13(18)9-16(11)21-17-15-5-3-2-4-12(15)8-14(10-20)19-17/h2-9,20H,10H2,1H3. The molecule has 1 heterocycles. The maximum atomic E-state index is 13.4. The van der Waals surface area contributed by atoms with Gasteiger partial charge >= 0.3 is 0 Å². The van der Waals surface area contributed by atoms with E-state index >= 15 is 0 Å². The van der Waals surface area contributed by atoms with Gasteiger partial charge in [0.15, 0.2) is 0 Å². The predicted octanol–water partition coefficient (Wildman–Crippen LogP) is 3.97. The van der Waals surface area contributed by atoms with Gasteiger partial charge < -0.3 is 9.84 Å². The fourth-order valence-electron chi connectivity index (χ4n) is 2.17. The number of aryl methyl sites for hydroxylation is 1. The Hall–Kier alpha value is -2.46. The molecule has 0 unspecified atom stereocenters. The second-order valence-electron chi connectivity index (χ2n) is 4.81. The SMILES string of the molecule is Cc1ccc(F)cc1Oc1nc(CO)cc2ccccc12. The van der Waals surface area contributed by atoms with Crippen molar-refractivity contribution in [1.29, 1.82) is 0 Å². The van der Waals surface area contributed by atoms with Crippen LogP contribution in [0.5, 0.6) is 11.6 Å². The smallest absolute Gasteiger partial charge is 0.227 e. The molecule has 0 radical (unpaired) electrons. The van der Waals surface area contributed by atoms with Gasteiger partial charge in [-0.05, 0) is 36.1 Å². The Labute approximate surface area is 121 Å². The summed E-state index contributed by atoms with van der Waals surface area (Å²) in [6.45, 7) is 1.66. The Bertz CT molecular complexity index is 802. The molecule has 0 saturated carbocycles. The summed E-state index contributed by atoms with van der Waals surface area (Å²) in [5.41, 5.74) is 1.33. The first-order valence-corrected chi connectivity index (χ1v) is 6.61. The highest BCUT2D eigenvalue weighted by atomic mass is 19.1. The largest absolute Gasteiger partial charge is 0.438 e. The number of ether oxygens (including phenoxy) is 1. The molecule has 3 nitrogen and oxygen atoms in total. The minimum Gasteiger partial charge on any atom is -0.438 e. The molecule has 0 aliphatic rings. The first-order valence-electron chi connectivity index (χ1n) is 6.61. The lowest BCUT2D eigenvalue weighted by molar-refractivity contribution is 0.275. The van der Waals surface area contributed by atoms with Gasteiger partial charge in [0.2, 0.25) is 5.88 Å². The lowest BCUT2D eigenvalue weighted by Crippen LogP contribution is -1.96. The van der Waals surface area contributed by atoms with Crippen molar-refractivity contribution in [2.75, 3.05) is 0 Å². The number of nitrogens with zero attached hydrogens (tertiary/aromatic N) is 1. The predicted molar refractivity (Wildman–Crippen MR) is 78.9 cm³/mol. The molecule has 0 spiro atoms. The second-order valence-corrected chi connectivity index (χ2v) is 4.81. The molecule has 0 saturated heterocycles. The molecule has 21 heavy (non-hydrogen) atoms. The maximum absolute atomic E-state index is 13.4. The number of aliphatic hydroxyl groups is 1. The van der Waals surface area contributed by atoms with Crippen LogP contribution in [0.2, 0.25) is 0 Å². The number of halogens is 1. The van der Waals surface area contributed by atoms with Gasteiger partial charge in [0.25, 0.3) is 0 Å². The number of benzene rings is 2. The van der Waals surface area contributed by atoms with Crippen LogP contribution in [0.3, 0.4) is 0 Å². The molecule has 0 aliphatic carbocycles. The summed E-state index contributed by atoms with van der Waals surface area (Å²) in [5, 5.41) is 11.0. The molecule has 0 bridgehead atoms. The molecule has 3 aromatic rings. The quantitative estimate of drug-likeness (QED) is 0.791. The van der Waals surface area contributed by atoms with E-state index in [2.05, 4.69) is 4.98 Å². The van der Waals surface area contributed by atoms with Gasteiger partial charge in [0.1, 0.15) is 11.6 Å². The van der Waals surface area contributed by atoms with E-state index < -0.39 is 0 Å². The van der Waals surface area contributed by atoms with E-state index in [-0.39, 0.29) is 12.4 Å². The van der Waals surface area contributed by atoms with Crippen molar-refractivity contribution >= 4 is 10.8 Å². The van der Waals surface area contributed by atoms with Crippen LogP contribution in [-0.2, 0) is 6.61 Å². The molecule has 4 heteroatoms. The average molecular weight is 283 g/mol. The summed E-state index contributed by atoms with van der Waals surface area (Å²) in [7, 11) is 0. The molecule has 1 N–H and O–H groups in total. The number of fused-ring (bicyclic) bond motifs is 1. The minimum absolute atomic E-state index is 0.177. The second kappa shape index (κ2) is 5.50. The van der Waals surface area contributed by atoms with E-state index in [9.17, 15) is 9.50 Å². The zero-order chi connectivity index (χ0) is 14.8. The summed E-state index contributed by atoms with van der Waals surface area (Å²) >= 11 is 0. The van der Waals surface area contributed by atoms with Crippen molar-refractivity contribution in [3.8, 4) is 11.6 Å². The Kier molecular flexibility index (Phi) is 3.54. The first-order chi connectivity index (χ1) is 10.2. The minimum atomic E-state index is -0.363. The van der Waals surface area contributed by atoms with E-state index in [1.54, 1.807) is 12.1 Å². The average Bonchev–Trinajstić information content (AvgIpc) is 2.50. The van der Waals surface area contributed by atoms with Crippen LogP contribution >= 0.6 is 0 Å². The number of hydrogen-bond donors (Lipinski definition) is 1. The first kappa shape index (κ1) is 13.5. The molecular formula is C17H14FNO2. The normalized spacial score (nSPS) is 10.8. The molecule has 0 amide bonds. The van der Waals surface area contributed by atoms with E-state index in [4.69, 9.17) is 4.74 Å². The van der Waals surface area contributed by atoms with Crippen molar-refractivity contribution in [3.63, 3.8) is 0 Å². The molecule has 0 atom stereocenters. The number of pyridine rings is 1. The van der Waals surface area contributed by atoms with Gasteiger partial charge in [-0.25, -0.2) is 9.37 Å². The summed E-state index contributed by atoms with van der Waals surface area (Å²) in [4.78, 5) is 4.29. The third-order valence-corrected chi connectivity index (χ3v) is 3.28. The van der Waals surface area contributed by atoms with Crippen LogP contribution in [0.15, 0.2) is 48.5 Å². The summed E-state index contributed by atoms with van der Waals surface area (Å²) in [5.74, 6) is 0.423. The van der Waals surface area contributed by atoms with Gasteiger partial charge in [-0.1, -0.05) is 24.3 Å². The fraction of sp³-hybridized carbons (Fsp3) is 0.118. The van der Waals surface area contributed by atoms with Crippen LogP contribution in [0, 0.1) is 12.7 Å². The highest BCUT2D eigenvalue weighted by Gasteiger charge is 2.10. The Morgan fingerprint density at radius 1 is 1.14 bits per heavy atom. The Morgan fingerprint density at radius 2 is 1.95 bits per heavy atom. The van der Waals surface area contributed by atoms with Crippen LogP contribution in [0.1, 0.15) is 11.3 Å². The Morgan fingerprint density at radius 3 is 2.76 bits per heavy atom. The number of rotatable bonds is 3. The third kappa shape index (κ3) is 2.71. The molecule has 106 valence electrons.